The van der Waals surface area contributed by atoms with E-state index in [4.69, 9.17) is 9.47 Å². The minimum absolute atomic E-state index is 0.139. The van der Waals surface area contributed by atoms with E-state index in [0.29, 0.717) is 23.6 Å². The summed E-state index contributed by atoms with van der Waals surface area (Å²) in [6, 6.07) is 9.52. The summed E-state index contributed by atoms with van der Waals surface area (Å²) >= 11 is 0. The van der Waals surface area contributed by atoms with E-state index >= 15 is 0 Å². The molecule has 0 saturated carbocycles. The summed E-state index contributed by atoms with van der Waals surface area (Å²) in [6.07, 6.45) is 4.62. The smallest absolute Gasteiger partial charge is 0.238 e. The van der Waals surface area contributed by atoms with Crippen LogP contribution in [0.2, 0.25) is 0 Å². The van der Waals surface area contributed by atoms with Gasteiger partial charge in [0.25, 0.3) is 0 Å². The van der Waals surface area contributed by atoms with Gasteiger partial charge in [-0.25, -0.2) is 18.4 Å². The Kier molecular flexibility index (Phi) is 5.90. The molecule has 5 heterocycles. The number of nitrogens with zero attached hydrogens (tertiary/aromatic N) is 4. The van der Waals surface area contributed by atoms with Crippen LogP contribution in [0.3, 0.4) is 0 Å². The van der Waals surface area contributed by atoms with E-state index in [1.54, 1.807) is 37.2 Å². The number of rotatable bonds is 5. The summed E-state index contributed by atoms with van der Waals surface area (Å²) in [6.45, 7) is 6.51. The summed E-state index contributed by atoms with van der Waals surface area (Å²) in [4.78, 5) is 23.0. The molecule has 3 aliphatic rings. The average Bonchev–Trinajstić information content (AvgIpc) is 3.33. The van der Waals surface area contributed by atoms with Crippen LogP contribution in [-0.4, -0.2) is 49.2 Å². The molecule has 3 aromatic rings. The van der Waals surface area contributed by atoms with Crippen LogP contribution in [0.15, 0.2) is 42.7 Å². The third-order valence-electron chi connectivity index (χ3n) is 7.13. The molecule has 2 aromatic heterocycles. The molecule has 0 bridgehead atoms. The Morgan fingerprint density at radius 3 is 2.68 bits per heavy atom. The first-order valence-electron chi connectivity index (χ1n) is 12.7. The summed E-state index contributed by atoms with van der Waals surface area (Å²) in [5, 5.41) is 2.68. The van der Waals surface area contributed by atoms with Crippen molar-refractivity contribution in [2.45, 2.75) is 45.0 Å². The minimum atomic E-state index is -3.53. The summed E-state index contributed by atoms with van der Waals surface area (Å²) < 4.78 is 39.0. The number of aromatic nitrogens is 2. The number of hydrogen-bond acceptors (Lipinski definition) is 8. The van der Waals surface area contributed by atoms with Gasteiger partial charge in [0.15, 0.2) is 0 Å². The molecule has 11 heteroatoms. The highest BCUT2D eigenvalue weighted by Crippen LogP contribution is 2.45. The minimum Gasteiger partial charge on any atom is -0.485 e. The first-order valence-corrected chi connectivity index (χ1v) is 14.3. The van der Waals surface area contributed by atoms with E-state index in [9.17, 15) is 13.2 Å². The van der Waals surface area contributed by atoms with Crippen molar-refractivity contribution < 1.29 is 22.7 Å². The van der Waals surface area contributed by atoms with Crippen molar-refractivity contribution in [1.82, 2.24) is 9.97 Å². The van der Waals surface area contributed by atoms with Crippen molar-refractivity contribution in [2.75, 3.05) is 34.2 Å². The number of nitrogens with one attached hydrogen (secondary N) is 1. The Morgan fingerprint density at radius 1 is 1.08 bits per heavy atom. The van der Waals surface area contributed by atoms with Gasteiger partial charge >= 0.3 is 0 Å². The standard InChI is InChI=1S/C27H29N5O5S/c1-16(2)38(34,35)32-9-10-36-27-23(32)11-18(14-29-27)30-25-13-21-17(3)37-24-12-19(31-8-4-5-26(31)33)6-7-20(24)22(21)15-28-25/h6-7,11-17H,4-5,8-10H2,1-3H3,(H,28,30). The lowest BCUT2D eigenvalue weighted by Gasteiger charge is -2.31. The van der Waals surface area contributed by atoms with Crippen LogP contribution in [0.1, 0.15) is 45.3 Å². The van der Waals surface area contributed by atoms with Crippen LogP contribution >= 0.6 is 0 Å². The molecule has 1 aromatic carbocycles. The number of sulfonamides is 1. The quantitative estimate of drug-likeness (QED) is 0.511. The average molecular weight is 536 g/mol. The van der Waals surface area contributed by atoms with Crippen molar-refractivity contribution in [3.63, 3.8) is 0 Å². The van der Waals surface area contributed by atoms with Crippen LogP contribution in [-0.2, 0) is 14.8 Å². The Balaban J connectivity index is 1.29. The molecule has 0 spiro atoms. The largest absolute Gasteiger partial charge is 0.485 e. The lowest BCUT2D eigenvalue weighted by molar-refractivity contribution is -0.117. The van der Waals surface area contributed by atoms with Crippen LogP contribution in [0.5, 0.6) is 11.6 Å². The van der Waals surface area contributed by atoms with Gasteiger partial charge in [-0.2, -0.15) is 0 Å². The number of amides is 1. The van der Waals surface area contributed by atoms with Gasteiger partial charge in [0, 0.05) is 47.6 Å². The van der Waals surface area contributed by atoms with Crippen LogP contribution in [0.25, 0.3) is 11.1 Å². The molecule has 6 rings (SSSR count). The third-order valence-corrected chi connectivity index (χ3v) is 9.31. The molecular weight excluding hydrogens is 506 g/mol. The van der Waals surface area contributed by atoms with Gasteiger partial charge in [-0.1, -0.05) is 0 Å². The molecule has 0 aliphatic carbocycles. The molecule has 1 saturated heterocycles. The molecule has 1 amide bonds. The van der Waals surface area contributed by atoms with E-state index in [0.717, 1.165) is 41.1 Å². The number of pyridine rings is 2. The topological polar surface area (TPSA) is 114 Å². The number of benzene rings is 1. The predicted octanol–water partition coefficient (Wildman–Crippen LogP) is 4.40. The van der Waals surface area contributed by atoms with Gasteiger partial charge < -0.3 is 19.7 Å². The maximum Gasteiger partial charge on any atom is 0.238 e. The van der Waals surface area contributed by atoms with Crippen molar-refractivity contribution in [1.29, 1.82) is 0 Å². The van der Waals surface area contributed by atoms with Gasteiger partial charge in [-0.3, -0.25) is 9.10 Å². The first-order chi connectivity index (χ1) is 18.2. The van der Waals surface area contributed by atoms with Gasteiger partial charge in [-0.15, -0.1) is 0 Å². The second-order valence-corrected chi connectivity index (χ2v) is 12.3. The SMILES string of the molecule is CC1Oc2cc(N3CCCC3=O)ccc2-c2cnc(Nc3cnc4c(c3)N(S(=O)(=O)C(C)C)CCO4)cc21. The Hall–Kier alpha value is -3.86. The summed E-state index contributed by atoms with van der Waals surface area (Å²) in [7, 11) is -3.53. The van der Waals surface area contributed by atoms with Crippen molar-refractivity contribution in [3.05, 3.63) is 48.3 Å². The number of anilines is 4. The number of hydrogen-bond donors (Lipinski definition) is 1. The fraction of sp³-hybridized carbons (Fsp3) is 0.370. The molecule has 198 valence electrons. The summed E-state index contributed by atoms with van der Waals surface area (Å²) in [5.74, 6) is 1.74. The molecule has 3 aliphatic heterocycles. The zero-order valence-corrected chi connectivity index (χ0v) is 22.3. The molecule has 1 unspecified atom stereocenters. The first kappa shape index (κ1) is 24.5. The Labute approximate surface area is 221 Å². The molecule has 1 atom stereocenters. The fourth-order valence-corrected chi connectivity index (χ4v) is 6.33. The van der Waals surface area contributed by atoms with E-state index in [-0.39, 0.29) is 31.0 Å². The second kappa shape index (κ2) is 9.16. The number of carbonyl (C=O) groups excluding carboxylic acids is 1. The predicted molar refractivity (Wildman–Crippen MR) is 145 cm³/mol. The third kappa shape index (κ3) is 4.10. The van der Waals surface area contributed by atoms with Crippen molar-refractivity contribution in [2.24, 2.45) is 0 Å². The zero-order valence-electron chi connectivity index (χ0n) is 21.5. The summed E-state index contributed by atoms with van der Waals surface area (Å²) in [5.41, 5.74) is 4.72. The molecule has 1 fully saturated rings. The maximum atomic E-state index is 12.9. The fourth-order valence-electron chi connectivity index (χ4n) is 5.09. The number of fused-ring (bicyclic) bond motifs is 4. The van der Waals surface area contributed by atoms with Crippen LogP contribution < -0.4 is 24.0 Å². The van der Waals surface area contributed by atoms with E-state index in [1.165, 1.54) is 4.31 Å². The highest BCUT2D eigenvalue weighted by Gasteiger charge is 2.32. The van der Waals surface area contributed by atoms with Crippen LogP contribution in [0.4, 0.5) is 22.9 Å². The lowest BCUT2D eigenvalue weighted by Crippen LogP contribution is -2.41. The van der Waals surface area contributed by atoms with Gasteiger partial charge in [0.05, 0.1) is 23.7 Å². The molecule has 0 radical (unpaired) electrons. The molecule has 10 nitrogen and oxygen atoms in total. The van der Waals surface area contributed by atoms with Crippen molar-refractivity contribution in [3.8, 4) is 22.8 Å². The Bertz CT molecular complexity index is 1540. The number of carbonyl (C=O) groups is 1. The van der Waals surface area contributed by atoms with Crippen LogP contribution in [0, 0.1) is 0 Å². The Morgan fingerprint density at radius 2 is 1.92 bits per heavy atom. The van der Waals surface area contributed by atoms with Gasteiger partial charge in [-0.05, 0) is 51.5 Å². The maximum absolute atomic E-state index is 12.9. The lowest BCUT2D eigenvalue weighted by atomic mass is 9.94. The van der Waals surface area contributed by atoms with E-state index in [2.05, 4.69) is 15.3 Å². The van der Waals surface area contributed by atoms with E-state index in [1.807, 2.05) is 31.2 Å². The highest BCUT2D eigenvalue weighted by atomic mass is 32.2. The molecule has 1 N–H and O–H groups in total. The molecular formula is C27H29N5O5S. The number of ether oxygens (including phenoxy) is 2. The zero-order chi connectivity index (χ0) is 26.6. The second-order valence-electron chi connectivity index (χ2n) is 9.93. The van der Waals surface area contributed by atoms with E-state index < -0.39 is 15.3 Å². The normalized spacial score (nSPS) is 18.4. The van der Waals surface area contributed by atoms with Gasteiger partial charge in [0.1, 0.15) is 30.0 Å². The van der Waals surface area contributed by atoms with Gasteiger partial charge in [0.2, 0.25) is 21.8 Å². The highest BCUT2D eigenvalue weighted by molar-refractivity contribution is 7.93. The molecule has 38 heavy (non-hydrogen) atoms. The van der Waals surface area contributed by atoms with Crippen molar-refractivity contribution >= 4 is 38.8 Å². The monoisotopic (exact) mass is 535 g/mol.